The summed E-state index contributed by atoms with van der Waals surface area (Å²) in [5.74, 6) is -0.826. The van der Waals surface area contributed by atoms with Gasteiger partial charge < -0.3 is 15.2 Å². The smallest absolute Gasteiger partial charge is 0.387 e. The second kappa shape index (κ2) is 7.79. The van der Waals surface area contributed by atoms with E-state index in [1.807, 2.05) is 6.92 Å². The number of rotatable bonds is 7. The van der Waals surface area contributed by atoms with Crippen molar-refractivity contribution < 1.29 is 23.0 Å². The molecule has 2 N–H and O–H groups in total. The summed E-state index contributed by atoms with van der Waals surface area (Å²) in [6.07, 6.45) is 0.625. The Morgan fingerprint density at radius 3 is 2.55 bits per heavy atom. The summed E-state index contributed by atoms with van der Waals surface area (Å²) >= 11 is 0. The maximum atomic E-state index is 12.4. The summed E-state index contributed by atoms with van der Waals surface area (Å²) in [4.78, 5) is 11.5. The zero-order chi connectivity index (χ0) is 15.1. The van der Waals surface area contributed by atoms with E-state index in [4.69, 9.17) is 5.73 Å². The van der Waals surface area contributed by atoms with Crippen LogP contribution in [0.25, 0.3) is 0 Å². The zero-order valence-electron chi connectivity index (χ0n) is 11.5. The van der Waals surface area contributed by atoms with Crippen molar-refractivity contribution in [2.24, 2.45) is 5.73 Å². The Morgan fingerprint density at radius 2 is 2.00 bits per heavy atom. The molecular weight excluding hydrogens is 268 g/mol. The van der Waals surface area contributed by atoms with Crippen molar-refractivity contribution >= 4 is 5.97 Å². The van der Waals surface area contributed by atoms with Crippen LogP contribution in [0.2, 0.25) is 0 Å². The van der Waals surface area contributed by atoms with Crippen LogP contribution in [0.3, 0.4) is 0 Å². The number of halogens is 2. The van der Waals surface area contributed by atoms with Crippen LogP contribution in [0.5, 0.6) is 5.75 Å². The van der Waals surface area contributed by atoms with E-state index in [-0.39, 0.29) is 18.2 Å². The first-order valence-electron chi connectivity index (χ1n) is 6.35. The lowest BCUT2D eigenvalue weighted by molar-refractivity contribution is -0.141. The fraction of sp³-hybridized carbons (Fsp3) is 0.500. The maximum absolute atomic E-state index is 12.4. The van der Waals surface area contributed by atoms with Crippen molar-refractivity contribution in [2.45, 2.75) is 38.3 Å². The van der Waals surface area contributed by atoms with E-state index in [1.54, 1.807) is 18.2 Å². The Morgan fingerprint density at radius 1 is 1.35 bits per heavy atom. The topological polar surface area (TPSA) is 61.6 Å². The van der Waals surface area contributed by atoms with Crippen LogP contribution in [0, 0.1) is 0 Å². The van der Waals surface area contributed by atoms with Crippen LogP contribution < -0.4 is 10.5 Å². The van der Waals surface area contributed by atoms with Crippen molar-refractivity contribution in [3.8, 4) is 5.75 Å². The van der Waals surface area contributed by atoms with Gasteiger partial charge in [0.25, 0.3) is 0 Å². The zero-order valence-corrected chi connectivity index (χ0v) is 11.5. The molecule has 2 unspecified atom stereocenters. The van der Waals surface area contributed by atoms with E-state index in [1.165, 1.54) is 13.2 Å². The third kappa shape index (κ3) is 4.45. The lowest BCUT2D eigenvalue weighted by Gasteiger charge is -2.24. The maximum Gasteiger partial charge on any atom is 0.387 e. The molecule has 4 nitrogen and oxygen atoms in total. The molecule has 0 aliphatic heterocycles. The molecule has 6 heteroatoms. The van der Waals surface area contributed by atoms with Gasteiger partial charge in [0, 0.05) is 12.0 Å². The number of benzene rings is 1. The van der Waals surface area contributed by atoms with Crippen LogP contribution in [-0.4, -0.2) is 25.7 Å². The van der Waals surface area contributed by atoms with Crippen molar-refractivity contribution in [2.75, 3.05) is 7.11 Å². The molecule has 0 saturated heterocycles. The molecule has 0 aromatic heterocycles. The normalized spacial score (nSPS) is 13.9. The summed E-state index contributed by atoms with van der Waals surface area (Å²) in [6, 6.07) is 6.01. The number of carbonyl (C=O) groups excluding carboxylic acids is 1. The molecule has 0 amide bonds. The quantitative estimate of drug-likeness (QED) is 0.783. The molecule has 0 aliphatic carbocycles. The highest BCUT2D eigenvalue weighted by molar-refractivity contribution is 5.70. The summed E-state index contributed by atoms with van der Waals surface area (Å²) in [5.41, 5.74) is 6.49. The minimum atomic E-state index is -2.92. The molecule has 2 atom stereocenters. The highest BCUT2D eigenvalue weighted by Gasteiger charge is 2.26. The van der Waals surface area contributed by atoms with E-state index in [9.17, 15) is 13.6 Å². The number of carbonyl (C=O) groups is 1. The van der Waals surface area contributed by atoms with Gasteiger partial charge in [-0.2, -0.15) is 8.78 Å². The SMILES string of the molecule is CCC(N)C(CC(=O)OC)c1ccccc1OC(F)F. The second-order valence-corrected chi connectivity index (χ2v) is 4.38. The predicted octanol–water partition coefficient (Wildman–Crippen LogP) is 2.67. The third-order valence-corrected chi connectivity index (χ3v) is 3.14. The fourth-order valence-electron chi connectivity index (χ4n) is 2.03. The summed E-state index contributed by atoms with van der Waals surface area (Å²) < 4.78 is 34.0. The summed E-state index contributed by atoms with van der Waals surface area (Å²) in [6.45, 7) is -1.06. The molecule has 0 fully saturated rings. The van der Waals surface area contributed by atoms with E-state index in [0.29, 0.717) is 12.0 Å². The highest BCUT2D eigenvalue weighted by atomic mass is 19.3. The monoisotopic (exact) mass is 287 g/mol. The van der Waals surface area contributed by atoms with Gasteiger partial charge in [0.2, 0.25) is 0 Å². The number of para-hydroxylation sites is 1. The number of ether oxygens (including phenoxy) is 2. The molecule has 0 spiro atoms. The number of methoxy groups -OCH3 is 1. The number of alkyl halides is 2. The first-order chi connectivity index (χ1) is 9.49. The van der Waals surface area contributed by atoms with Gasteiger partial charge in [0.1, 0.15) is 5.75 Å². The van der Waals surface area contributed by atoms with Gasteiger partial charge in [0.05, 0.1) is 13.5 Å². The van der Waals surface area contributed by atoms with Gasteiger partial charge in [-0.3, -0.25) is 4.79 Å². The van der Waals surface area contributed by atoms with Gasteiger partial charge in [0.15, 0.2) is 0 Å². The van der Waals surface area contributed by atoms with Gasteiger partial charge in [-0.25, -0.2) is 0 Å². The molecule has 0 bridgehead atoms. The van der Waals surface area contributed by atoms with Gasteiger partial charge in [-0.1, -0.05) is 25.1 Å². The molecule has 1 aromatic carbocycles. The van der Waals surface area contributed by atoms with E-state index in [0.717, 1.165) is 0 Å². The molecule has 20 heavy (non-hydrogen) atoms. The molecule has 0 saturated carbocycles. The van der Waals surface area contributed by atoms with Crippen molar-refractivity contribution in [3.63, 3.8) is 0 Å². The minimum Gasteiger partial charge on any atom is -0.469 e. The predicted molar refractivity (Wildman–Crippen MR) is 70.7 cm³/mol. The number of hydrogen-bond acceptors (Lipinski definition) is 4. The first kappa shape index (κ1) is 16.4. The molecular formula is C14H19F2NO3. The van der Waals surface area contributed by atoms with E-state index < -0.39 is 18.5 Å². The molecule has 0 heterocycles. The summed E-state index contributed by atoms with van der Waals surface area (Å²) in [5, 5.41) is 0. The number of esters is 1. The lowest BCUT2D eigenvalue weighted by atomic mass is 9.87. The van der Waals surface area contributed by atoms with Crippen LogP contribution in [0.1, 0.15) is 31.2 Å². The minimum absolute atomic E-state index is 0.0229. The van der Waals surface area contributed by atoms with Crippen LogP contribution >= 0.6 is 0 Å². The molecule has 1 aromatic rings. The van der Waals surface area contributed by atoms with E-state index >= 15 is 0 Å². The largest absolute Gasteiger partial charge is 0.469 e. The summed E-state index contributed by atoms with van der Waals surface area (Å²) in [7, 11) is 1.28. The first-order valence-corrected chi connectivity index (χ1v) is 6.35. The highest BCUT2D eigenvalue weighted by Crippen LogP contribution is 2.33. The standard InChI is InChI=1S/C14H19F2NO3/c1-3-11(17)10(8-13(18)19-2)9-6-4-5-7-12(9)20-14(15)16/h4-7,10-11,14H,3,8,17H2,1-2H3. The van der Waals surface area contributed by atoms with Crippen molar-refractivity contribution in [3.05, 3.63) is 29.8 Å². The number of hydrogen-bond donors (Lipinski definition) is 1. The van der Waals surface area contributed by atoms with Crippen LogP contribution in [0.15, 0.2) is 24.3 Å². The average molecular weight is 287 g/mol. The Labute approximate surface area is 116 Å². The Hall–Kier alpha value is -1.69. The lowest BCUT2D eigenvalue weighted by Crippen LogP contribution is -2.30. The molecule has 112 valence electrons. The van der Waals surface area contributed by atoms with Gasteiger partial charge >= 0.3 is 12.6 Å². The molecule has 1 rings (SSSR count). The Bertz CT molecular complexity index is 440. The molecule has 0 radical (unpaired) electrons. The van der Waals surface area contributed by atoms with Gasteiger partial charge in [-0.05, 0) is 18.1 Å². The van der Waals surface area contributed by atoms with Crippen LogP contribution in [0.4, 0.5) is 8.78 Å². The second-order valence-electron chi connectivity index (χ2n) is 4.38. The van der Waals surface area contributed by atoms with Gasteiger partial charge in [-0.15, -0.1) is 0 Å². The average Bonchev–Trinajstić information content (AvgIpc) is 2.44. The van der Waals surface area contributed by atoms with Crippen molar-refractivity contribution in [1.82, 2.24) is 0 Å². The van der Waals surface area contributed by atoms with Crippen LogP contribution in [-0.2, 0) is 9.53 Å². The molecule has 0 aliphatic rings. The Kier molecular flexibility index (Phi) is 6.38. The van der Waals surface area contributed by atoms with Crippen molar-refractivity contribution in [1.29, 1.82) is 0 Å². The van der Waals surface area contributed by atoms with E-state index in [2.05, 4.69) is 9.47 Å². The third-order valence-electron chi connectivity index (χ3n) is 3.14. The number of nitrogens with two attached hydrogens (primary N) is 1. The fourth-order valence-corrected chi connectivity index (χ4v) is 2.03. The Balaban J connectivity index is 3.09.